The molecule has 1 fully saturated rings. The zero-order valence-corrected chi connectivity index (χ0v) is 13.6. The highest BCUT2D eigenvalue weighted by Crippen LogP contribution is 2.31. The number of carbonyl (C=O) groups is 1. The molecule has 3 heteroatoms. The summed E-state index contributed by atoms with van der Waals surface area (Å²) in [5.74, 6) is 1.19. The summed E-state index contributed by atoms with van der Waals surface area (Å²) in [4.78, 5) is 15.0. The molecule has 20 heavy (non-hydrogen) atoms. The number of hydrogen-bond acceptors (Lipinski definition) is 1. The van der Waals surface area contributed by atoms with Crippen molar-refractivity contribution >= 4 is 21.8 Å². The van der Waals surface area contributed by atoms with Crippen molar-refractivity contribution in [2.24, 2.45) is 11.8 Å². The topological polar surface area (TPSA) is 20.3 Å². The number of halogens is 1. The van der Waals surface area contributed by atoms with E-state index in [0.717, 1.165) is 37.6 Å². The molecule has 0 N–H and O–H groups in total. The van der Waals surface area contributed by atoms with Crippen molar-refractivity contribution < 1.29 is 4.79 Å². The SMILES string of the molecule is CC1CCN(C(=O)C2CCc3ccccc3C2)C1CBr. The van der Waals surface area contributed by atoms with Crippen molar-refractivity contribution in [2.45, 2.75) is 38.6 Å². The first-order valence-electron chi connectivity index (χ1n) is 7.64. The van der Waals surface area contributed by atoms with Crippen LogP contribution in [0.4, 0.5) is 0 Å². The van der Waals surface area contributed by atoms with Crippen molar-refractivity contribution in [3.8, 4) is 0 Å². The molecule has 108 valence electrons. The Kier molecular flexibility index (Phi) is 4.16. The molecule has 1 aromatic rings. The molecule has 3 unspecified atom stereocenters. The van der Waals surface area contributed by atoms with Crippen molar-refractivity contribution in [3.63, 3.8) is 0 Å². The molecular formula is C17H22BrNO. The van der Waals surface area contributed by atoms with E-state index in [1.807, 2.05) is 0 Å². The minimum absolute atomic E-state index is 0.191. The van der Waals surface area contributed by atoms with Crippen LogP contribution in [0.25, 0.3) is 0 Å². The Balaban J connectivity index is 1.73. The molecule has 3 rings (SSSR count). The molecule has 1 heterocycles. The molecule has 3 atom stereocenters. The molecule has 0 radical (unpaired) electrons. The lowest BCUT2D eigenvalue weighted by Crippen LogP contribution is -2.43. The molecule has 0 spiro atoms. The van der Waals surface area contributed by atoms with Gasteiger partial charge in [0.05, 0.1) is 0 Å². The average Bonchev–Trinajstić information content (AvgIpc) is 2.86. The Morgan fingerprint density at radius 1 is 1.30 bits per heavy atom. The third kappa shape index (κ3) is 2.52. The normalized spacial score (nSPS) is 29.3. The smallest absolute Gasteiger partial charge is 0.226 e. The van der Waals surface area contributed by atoms with Crippen LogP contribution >= 0.6 is 15.9 Å². The van der Waals surface area contributed by atoms with Gasteiger partial charge in [-0.15, -0.1) is 0 Å². The monoisotopic (exact) mass is 335 g/mol. The molecule has 1 aromatic carbocycles. The van der Waals surface area contributed by atoms with Gasteiger partial charge >= 0.3 is 0 Å². The van der Waals surface area contributed by atoms with Crippen LogP contribution in [0.15, 0.2) is 24.3 Å². The van der Waals surface area contributed by atoms with Gasteiger partial charge in [-0.25, -0.2) is 0 Å². The average molecular weight is 336 g/mol. The van der Waals surface area contributed by atoms with E-state index in [1.165, 1.54) is 11.1 Å². The fourth-order valence-electron chi connectivity index (χ4n) is 3.66. The molecule has 0 bridgehead atoms. The lowest BCUT2D eigenvalue weighted by atomic mass is 9.83. The second-order valence-corrected chi connectivity index (χ2v) is 6.88. The molecular weight excluding hydrogens is 314 g/mol. The number of rotatable bonds is 2. The van der Waals surface area contributed by atoms with Crippen LogP contribution in [0.1, 0.15) is 30.9 Å². The number of hydrogen-bond donors (Lipinski definition) is 0. The largest absolute Gasteiger partial charge is 0.338 e. The number of carbonyl (C=O) groups excluding carboxylic acids is 1. The third-order valence-corrected chi connectivity index (χ3v) is 5.68. The fraction of sp³-hybridized carbons (Fsp3) is 0.588. The number of aryl methyl sites for hydroxylation is 1. The lowest BCUT2D eigenvalue weighted by molar-refractivity contribution is -0.136. The standard InChI is InChI=1S/C17H22BrNO/c1-12-8-9-19(16(12)11-18)17(20)15-7-6-13-4-2-3-5-14(13)10-15/h2-5,12,15-16H,6-11H2,1H3. The quantitative estimate of drug-likeness (QED) is 0.758. The lowest BCUT2D eigenvalue weighted by Gasteiger charge is -2.31. The Hall–Kier alpha value is -0.830. The summed E-state index contributed by atoms with van der Waals surface area (Å²) in [5.41, 5.74) is 2.81. The molecule has 0 aromatic heterocycles. The second-order valence-electron chi connectivity index (χ2n) is 6.23. The van der Waals surface area contributed by atoms with Gasteiger partial charge in [-0.1, -0.05) is 47.1 Å². The van der Waals surface area contributed by atoms with E-state index in [2.05, 4.69) is 52.0 Å². The molecule has 1 amide bonds. The van der Waals surface area contributed by atoms with Crippen LogP contribution < -0.4 is 0 Å². The van der Waals surface area contributed by atoms with Crippen molar-refractivity contribution in [1.82, 2.24) is 4.90 Å². The van der Waals surface area contributed by atoms with E-state index in [1.54, 1.807) is 0 Å². The van der Waals surface area contributed by atoms with E-state index in [4.69, 9.17) is 0 Å². The summed E-state index contributed by atoms with van der Waals surface area (Å²) < 4.78 is 0. The van der Waals surface area contributed by atoms with Gasteiger partial charge in [0, 0.05) is 23.8 Å². The summed E-state index contributed by atoms with van der Waals surface area (Å²) in [7, 11) is 0. The highest BCUT2D eigenvalue weighted by atomic mass is 79.9. The zero-order valence-electron chi connectivity index (χ0n) is 12.0. The number of alkyl halides is 1. The molecule has 1 aliphatic carbocycles. The van der Waals surface area contributed by atoms with Gasteiger partial charge in [0.1, 0.15) is 0 Å². The Bertz CT molecular complexity index is 502. The van der Waals surface area contributed by atoms with Crippen LogP contribution in [-0.4, -0.2) is 28.7 Å². The van der Waals surface area contributed by atoms with Gasteiger partial charge in [-0.05, 0) is 42.7 Å². The summed E-state index contributed by atoms with van der Waals surface area (Å²) in [5, 5.41) is 0.906. The van der Waals surface area contributed by atoms with Gasteiger partial charge in [0.2, 0.25) is 5.91 Å². The van der Waals surface area contributed by atoms with Crippen LogP contribution in [0, 0.1) is 11.8 Å². The van der Waals surface area contributed by atoms with Crippen molar-refractivity contribution in [2.75, 3.05) is 11.9 Å². The van der Waals surface area contributed by atoms with Crippen LogP contribution in [0.5, 0.6) is 0 Å². The minimum Gasteiger partial charge on any atom is -0.338 e. The van der Waals surface area contributed by atoms with E-state index in [9.17, 15) is 4.79 Å². The number of fused-ring (bicyclic) bond motifs is 1. The van der Waals surface area contributed by atoms with Crippen molar-refractivity contribution in [1.29, 1.82) is 0 Å². The maximum atomic E-state index is 12.8. The van der Waals surface area contributed by atoms with Gasteiger partial charge in [-0.3, -0.25) is 4.79 Å². The summed E-state index contributed by atoms with van der Waals surface area (Å²) in [6, 6.07) is 8.97. The fourth-order valence-corrected chi connectivity index (χ4v) is 4.65. The first-order valence-corrected chi connectivity index (χ1v) is 8.76. The van der Waals surface area contributed by atoms with E-state index in [-0.39, 0.29) is 5.92 Å². The highest BCUT2D eigenvalue weighted by molar-refractivity contribution is 9.09. The third-order valence-electron chi connectivity index (χ3n) is 5.02. The Morgan fingerprint density at radius 3 is 2.80 bits per heavy atom. The van der Waals surface area contributed by atoms with Gasteiger partial charge < -0.3 is 4.90 Å². The predicted octanol–water partition coefficient (Wildman–Crippen LogP) is 3.42. The zero-order chi connectivity index (χ0) is 14.1. The van der Waals surface area contributed by atoms with Gasteiger partial charge in [-0.2, -0.15) is 0 Å². The minimum atomic E-state index is 0.191. The van der Waals surface area contributed by atoms with Crippen LogP contribution in [-0.2, 0) is 17.6 Å². The van der Waals surface area contributed by atoms with Crippen molar-refractivity contribution in [3.05, 3.63) is 35.4 Å². The number of amides is 1. The summed E-state index contributed by atoms with van der Waals surface area (Å²) >= 11 is 3.58. The summed E-state index contributed by atoms with van der Waals surface area (Å²) in [6.45, 7) is 3.20. The first-order chi connectivity index (χ1) is 9.70. The number of benzene rings is 1. The maximum Gasteiger partial charge on any atom is 0.226 e. The Morgan fingerprint density at radius 2 is 2.05 bits per heavy atom. The van der Waals surface area contributed by atoms with Gasteiger partial charge in [0.15, 0.2) is 0 Å². The molecule has 2 aliphatic rings. The van der Waals surface area contributed by atoms with E-state index in [0.29, 0.717) is 17.9 Å². The van der Waals surface area contributed by atoms with Crippen LogP contribution in [0.3, 0.4) is 0 Å². The van der Waals surface area contributed by atoms with E-state index < -0.39 is 0 Å². The van der Waals surface area contributed by atoms with Crippen LogP contribution in [0.2, 0.25) is 0 Å². The molecule has 0 saturated carbocycles. The summed E-state index contributed by atoms with van der Waals surface area (Å²) in [6.07, 6.45) is 4.13. The molecule has 1 saturated heterocycles. The maximum absolute atomic E-state index is 12.8. The Labute approximate surface area is 129 Å². The van der Waals surface area contributed by atoms with Gasteiger partial charge in [0.25, 0.3) is 0 Å². The molecule has 1 aliphatic heterocycles. The molecule has 2 nitrogen and oxygen atoms in total. The second kappa shape index (κ2) is 5.88. The van der Waals surface area contributed by atoms with E-state index >= 15 is 0 Å². The first kappa shape index (κ1) is 14.1. The predicted molar refractivity (Wildman–Crippen MR) is 85.0 cm³/mol. The highest BCUT2D eigenvalue weighted by Gasteiger charge is 2.37. The number of likely N-dealkylation sites (tertiary alicyclic amines) is 1. The number of nitrogens with zero attached hydrogens (tertiary/aromatic N) is 1.